The summed E-state index contributed by atoms with van der Waals surface area (Å²) in [6.07, 6.45) is 4.90. The Balaban J connectivity index is 1.92. The van der Waals surface area contributed by atoms with Crippen LogP contribution in [0, 0.1) is 5.82 Å². The molecule has 1 N–H and O–H groups in total. The van der Waals surface area contributed by atoms with Gasteiger partial charge >= 0.3 is 0 Å². The van der Waals surface area contributed by atoms with Gasteiger partial charge in [-0.2, -0.15) is 4.72 Å². The van der Waals surface area contributed by atoms with E-state index in [9.17, 15) is 12.8 Å². The lowest BCUT2D eigenvalue weighted by atomic mass is 10.1. The molecule has 3 rings (SSSR count). The summed E-state index contributed by atoms with van der Waals surface area (Å²) >= 11 is 5.70. The second-order valence-corrected chi connectivity index (χ2v) is 8.53. The molecule has 2 aromatic carbocycles. The molecule has 0 aliphatic rings. The van der Waals surface area contributed by atoms with Gasteiger partial charge in [-0.3, -0.25) is 0 Å². The fourth-order valence-electron chi connectivity index (χ4n) is 2.94. The van der Waals surface area contributed by atoms with Crippen LogP contribution < -0.4 is 4.72 Å². The molecule has 0 aliphatic carbocycles. The molecule has 0 aliphatic heterocycles. The van der Waals surface area contributed by atoms with Crippen molar-refractivity contribution in [1.29, 1.82) is 0 Å². The third-order valence-electron chi connectivity index (χ3n) is 4.40. The first-order valence-electron chi connectivity index (χ1n) is 8.80. The van der Waals surface area contributed by atoms with Gasteiger partial charge in [-0.1, -0.05) is 24.3 Å². The molecular formula is C20H21ClFN3O2S. The predicted molar refractivity (Wildman–Crippen MR) is 107 cm³/mol. The normalized spacial score (nSPS) is 12.8. The van der Waals surface area contributed by atoms with E-state index in [1.807, 2.05) is 0 Å². The Labute approximate surface area is 169 Å². The van der Waals surface area contributed by atoms with Gasteiger partial charge in [0.1, 0.15) is 17.7 Å². The molecule has 5 nitrogen and oxygen atoms in total. The average Bonchev–Trinajstić information content (AvgIpc) is 3.10. The van der Waals surface area contributed by atoms with Gasteiger partial charge in [-0.25, -0.2) is 17.8 Å². The molecule has 3 aromatic rings. The summed E-state index contributed by atoms with van der Waals surface area (Å²) in [6.45, 7) is 0. The Morgan fingerprint density at radius 3 is 2.57 bits per heavy atom. The highest BCUT2D eigenvalue weighted by Gasteiger charge is 2.26. The van der Waals surface area contributed by atoms with Gasteiger partial charge in [0.05, 0.1) is 4.90 Å². The molecule has 1 unspecified atom stereocenters. The van der Waals surface area contributed by atoms with Gasteiger partial charge in [-0.15, -0.1) is 11.6 Å². The number of aryl methyl sites for hydroxylation is 2. The SMILES string of the molecule is Cn1ccnc1C(NS(=O)(=O)c1ccc(CCCCl)cc1)c1cccc(F)c1. The van der Waals surface area contributed by atoms with E-state index in [1.54, 1.807) is 60.4 Å². The van der Waals surface area contributed by atoms with E-state index in [4.69, 9.17) is 11.6 Å². The van der Waals surface area contributed by atoms with Crippen LogP contribution in [0.5, 0.6) is 0 Å². The minimum atomic E-state index is -3.85. The van der Waals surface area contributed by atoms with Crippen molar-refractivity contribution in [3.05, 3.63) is 83.7 Å². The molecule has 0 spiro atoms. The molecule has 1 atom stereocenters. The summed E-state index contributed by atoms with van der Waals surface area (Å²) in [5, 5.41) is 0. The Kier molecular flexibility index (Phi) is 6.49. The fourth-order valence-corrected chi connectivity index (χ4v) is 4.26. The van der Waals surface area contributed by atoms with Crippen molar-refractivity contribution < 1.29 is 12.8 Å². The Bertz CT molecular complexity index is 1040. The molecule has 8 heteroatoms. The fraction of sp³-hybridized carbons (Fsp3) is 0.250. The minimum absolute atomic E-state index is 0.137. The minimum Gasteiger partial charge on any atom is -0.336 e. The first-order valence-corrected chi connectivity index (χ1v) is 10.8. The van der Waals surface area contributed by atoms with Gasteiger partial charge < -0.3 is 4.57 Å². The molecule has 0 radical (unpaired) electrons. The van der Waals surface area contributed by atoms with Crippen molar-refractivity contribution in [2.75, 3.05) is 5.88 Å². The van der Waals surface area contributed by atoms with E-state index >= 15 is 0 Å². The molecule has 0 bridgehead atoms. The summed E-state index contributed by atoms with van der Waals surface area (Å²) < 4.78 is 44.1. The molecule has 0 fully saturated rings. The van der Waals surface area contributed by atoms with Gasteiger partial charge in [0, 0.05) is 25.3 Å². The number of rotatable bonds is 8. The molecule has 0 saturated carbocycles. The van der Waals surface area contributed by atoms with Crippen molar-refractivity contribution in [3.8, 4) is 0 Å². The van der Waals surface area contributed by atoms with Crippen LogP contribution in [0.25, 0.3) is 0 Å². The van der Waals surface area contributed by atoms with E-state index in [0.29, 0.717) is 17.3 Å². The number of benzene rings is 2. The van der Waals surface area contributed by atoms with Gasteiger partial charge in [0.25, 0.3) is 0 Å². The number of halogens is 2. The molecule has 1 aromatic heterocycles. The van der Waals surface area contributed by atoms with Crippen molar-refractivity contribution in [2.24, 2.45) is 7.05 Å². The first-order chi connectivity index (χ1) is 13.4. The number of nitrogens with one attached hydrogen (secondary N) is 1. The largest absolute Gasteiger partial charge is 0.336 e. The number of sulfonamides is 1. The summed E-state index contributed by atoms with van der Waals surface area (Å²) in [6, 6.07) is 11.7. The maximum atomic E-state index is 13.8. The van der Waals surface area contributed by atoms with Crippen molar-refractivity contribution in [1.82, 2.24) is 14.3 Å². The summed E-state index contributed by atoms with van der Waals surface area (Å²) in [7, 11) is -2.09. The van der Waals surface area contributed by atoms with Crippen LogP contribution in [0.1, 0.15) is 29.4 Å². The highest BCUT2D eigenvalue weighted by Crippen LogP contribution is 2.24. The number of hydrogen-bond donors (Lipinski definition) is 1. The Morgan fingerprint density at radius 1 is 1.21 bits per heavy atom. The molecular weight excluding hydrogens is 401 g/mol. The van der Waals surface area contributed by atoms with Crippen LogP contribution in [-0.4, -0.2) is 23.8 Å². The lowest BCUT2D eigenvalue weighted by Crippen LogP contribution is -2.31. The number of alkyl halides is 1. The van der Waals surface area contributed by atoms with Crippen LogP contribution in [0.15, 0.2) is 65.8 Å². The molecule has 148 valence electrons. The predicted octanol–water partition coefficient (Wildman–Crippen LogP) is 3.80. The highest BCUT2D eigenvalue weighted by molar-refractivity contribution is 7.89. The van der Waals surface area contributed by atoms with E-state index in [2.05, 4.69) is 9.71 Å². The zero-order valence-electron chi connectivity index (χ0n) is 15.3. The first kappa shape index (κ1) is 20.5. The Morgan fingerprint density at radius 2 is 1.96 bits per heavy atom. The van der Waals surface area contributed by atoms with E-state index in [1.165, 1.54) is 12.1 Å². The quantitative estimate of drug-likeness (QED) is 0.563. The van der Waals surface area contributed by atoms with E-state index in [0.717, 1.165) is 18.4 Å². The third-order valence-corrected chi connectivity index (χ3v) is 6.11. The van der Waals surface area contributed by atoms with Crippen LogP contribution >= 0.6 is 11.6 Å². The van der Waals surface area contributed by atoms with Crippen molar-refractivity contribution in [3.63, 3.8) is 0 Å². The van der Waals surface area contributed by atoms with Gasteiger partial charge in [0.2, 0.25) is 10.0 Å². The second kappa shape index (κ2) is 8.86. The van der Waals surface area contributed by atoms with Gasteiger partial charge in [0.15, 0.2) is 0 Å². The lowest BCUT2D eigenvalue weighted by Gasteiger charge is -2.19. The van der Waals surface area contributed by atoms with E-state index in [-0.39, 0.29) is 4.90 Å². The monoisotopic (exact) mass is 421 g/mol. The standard InChI is InChI=1S/C20H21ClFN3O2S/c1-25-13-12-23-20(25)19(16-5-2-6-17(22)14-16)24-28(26,27)18-9-7-15(8-10-18)4-3-11-21/h2,5-10,12-14,19,24H,3-4,11H2,1H3. The van der Waals surface area contributed by atoms with Crippen molar-refractivity contribution in [2.45, 2.75) is 23.8 Å². The molecule has 0 saturated heterocycles. The van der Waals surface area contributed by atoms with Crippen LogP contribution in [0.2, 0.25) is 0 Å². The lowest BCUT2D eigenvalue weighted by molar-refractivity contribution is 0.560. The highest BCUT2D eigenvalue weighted by atomic mass is 35.5. The molecule has 1 heterocycles. The number of hydrogen-bond acceptors (Lipinski definition) is 3. The zero-order chi connectivity index (χ0) is 20.1. The maximum Gasteiger partial charge on any atom is 0.241 e. The summed E-state index contributed by atoms with van der Waals surface area (Å²) in [5.74, 6) is 0.577. The van der Waals surface area contributed by atoms with Crippen LogP contribution in [-0.2, 0) is 23.5 Å². The van der Waals surface area contributed by atoms with Crippen LogP contribution in [0.4, 0.5) is 4.39 Å². The average molecular weight is 422 g/mol. The molecule has 28 heavy (non-hydrogen) atoms. The number of nitrogens with zero attached hydrogens (tertiary/aromatic N) is 2. The smallest absolute Gasteiger partial charge is 0.241 e. The Hall–Kier alpha value is -2.22. The number of imidazole rings is 1. The third kappa shape index (κ3) is 4.79. The summed E-state index contributed by atoms with van der Waals surface area (Å²) in [5.41, 5.74) is 1.49. The van der Waals surface area contributed by atoms with Gasteiger partial charge in [-0.05, 0) is 48.2 Å². The topological polar surface area (TPSA) is 64.0 Å². The van der Waals surface area contributed by atoms with E-state index < -0.39 is 21.9 Å². The molecule has 0 amide bonds. The van der Waals surface area contributed by atoms with Crippen molar-refractivity contribution >= 4 is 21.6 Å². The number of aromatic nitrogens is 2. The summed E-state index contributed by atoms with van der Waals surface area (Å²) in [4.78, 5) is 4.39. The maximum absolute atomic E-state index is 13.8. The van der Waals surface area contributed by atoms with Crippen LogP contribution in [0.3, 0.4) is 0 Å². The second-order valence-electron chi connectivity index (χ2n) is 6.44. The zero-order valence-corrected chi connectivity index (χ0v) is 16.9.